The van der Waals surface area contributed by atoms with Gasteiger partial charge in [0, 0.05) is 0 Å². The minimum atomic E-state index is -0.739. The molecular weight excluding hydrogens is 258 g/mol. The lowest BCUT2D eigenvalue weighted by Gasteiger charge is -2.10. The van der Waals surface area contributed by atoms with Gasteiger partial charge in [-0.1, -0.05) is 35.5 Å². The number of carbonyl (C=O) groups is 1. The molecule has 0 bridgehead atoms. The maximum Gasteiger partial charge on any atom is 0.360 e. The molecule has 102 valence electrons. The van der Waals surface area contributed by atoms with Gasteiger partial charge >= 0.3 is 5.97 Å². The number of esters is 1. The molecule has 2 aromatic carbocycles. The standard InChI is InChI=1S/C15H13NO4/c1-19-15(17)14(16-18)12-9-5-6-10-13(12)20-11-7-3-2-4-8-11/h2-10,18H,1H3/b16-14-. The van der Waals surface area contributed by atoms with Gasteiger partial charge in [0.15, 0.2) is 5.71 Å². The monoisotopic (exact) mass is 271 g/mol. The van der Waals surface area contributed by atoms with Crippen LogP contribution in [0.25, 0.3) is 0 Å². The first kappa shape index (κ1) is 13.6. The number of nitrogens with zero attached hydrogens (tertiary/aromatic N) is 1. The van der Waals surface area contributed by atoms with E-state index < -0.39 is 5.97 Å². The summed E-state index contributed by atoms with van der Waals surface area (Å²) >= 11 is 0. The summed E-state index contributed by atoms with van der Waals surface area (Å²) in [7, 11) is 1.22. The summed E-state index contributed by atoms with van der Waals surface area (Å²) in [5.74, 6) is 0.274. The molecule has 0 aliphatic heterocycles. The zero-order valence-electron chi connectivity index (χ0n) is 10.8. The number of hydrogen-bond acceptors (Lipinski definition) is 5. The van der Waals surface area contributed by atoms with E-state index in [1.165, 1.54) is 7.11 Å². The highest BCUT2D eigenvalue weighted by Gasteiger charge is 2.19. The second-order valence-corrected chi connectivity index (χ2v) is 3.85. The molecule has 2 aromatic rings. The van der Waals surface area contributed by atoms with Crippen molar-refractivity contribution in [3.05, 3.63) is 60.2 Å². The minimum absolute atomic E-state index is 0.209. The minimum Gasteiger partial charge on any atom is -0.464 e. The van der Waals surface area contributed by atoms with Crippen LogP contribution in [-0.2, 0) is 9.53 Å². The van der Waals surface area contributed by atoms with Gasteiger partial charge in [-0.15, -0.1) is 0 Å². The Hall–Kier alpha value is -2.82. The van der Waals surface area contributed by atoms with Crippen LogP contribution in [0, 0.1) is 0 Å². The maximum absolute atomic E-state index is 11.6. The van der Waals surface area contributed by atoms with E-state index in [1.54, 1.807) is 36.4 Å². The largest absolute Gasteiger partial charge is 0.464 e. The Bertz CT molecular complexity index is 623. The molecule has 0 saturated heterocycles. The molecule has 0 unspecified atom stereocenters. The van der Waals surface area contributed by atoms with Gasteiger partial charge in [-0.3, -0.25) is 0 Å². The van der Waals surface area contributed by atoms with E-state index in [2.05, 4.69) is 9.89 Å². The van der Waals surface area contributed by atoms with E-state index in [9.17, 15) is 4.79 Å². The first-order valence-electron chi connectivity index (χ1n) is 5.89. The molecule has 0 aliphatic rings. The zero-order valence-corrected chi connectivity index (χ0v) is 10.8. The number of rotatable bonds is 4. The van der Waals surface area contributed by atoms with E-state index in [0.717, 1.165) is 0 Å². The number of hydrogen-bond donors (Lipinski definition) is 1. The molecule has 0 radical (unpaired) electrons. The van der Waals surface area contributed by atoms with Crippen LogP contribution in [0.1, 0.15) is 5.56 Å². The number of carbonyl (C=O) groups excluding carboxylic acids is 1. The summed E-state index contributed by atoms with van der Waals surface area (Å²) in [6, 6.07) is 15.9. The molecule has 20 heavy (non-hydrogen) atoms. The molecule has 0 aromatic heterocycles. The second kappa shape index (κ2) is 6.38. The van der Waals surface area contributed by atoms with Crippen LogP contribution in [0.5, 0.6) is 11.5 Å². The number of oxime groups is 1. The van der Waals surface area contributed by atoms with Gasteiger partial charge in [0.05, 0.1) is 12.7 Å². The van der Waals surface area contributed by atoms with Gasteiger partial charge in [-0.05, 0) is 24.3 Å². The van der Waals surface area contributed by atoms with Crippen molar-refractivity contribution >= 4 is 11.7 Å². The smallest absolute Gasteiger partial charge is 0.360 e. The van der Waals surface area contributed by atoms with Gasteiger partial charge in [-0.25, -0.2) is 4.79 Å². The SMILES string of the molecule is COC(=O)/C(=N\O)c1ccccc1Oc1ccccc1. The predicted octanol–water partition coefficient (Wildman–Crippen LogP) is 2.83. The molecule has 0 fully saturated rings. The average Bonchev–Trinajstić information content (AvgIpc) is 2.50. The fourth-order valence-corrected chi connectivity index (χ4v) is 1.67. The fraction of sp³-hybridized carbons (Fsp3) is 0.0667. The molecule has 0 atom stereocenters. The van der Waals surface area contributed by atoms with Gasteiger partial charge in [0.2, 0.25) is 0 Å². The summed E-state index contributed by atoms with van der Waals surface area (Å²) in [4.78, 5) is 11.6. The van der Waals surface area contributed by atoms with Crippen molar-refractivity contribution in [1.29, 1.82) is 0 Å². The Labute approximate surface area is 116 Å². The molecule has 0 saturated carbocycles. The Balaban J connectivity index is 2.38. The molecule has 0 heterocycles. The van der Waals surface area contributed by atoms with Crippen molar-refractivity contribution in [3.63, 3.8) is 0 Å². The Morgan fingerprint density at radius 2 is 1.70 bits per heavy atom. The number of benzene rings is 2. The normalized spacial score (nSPS) is 10.9. The van der Waals surface area contributed by atoms with E-state index in [4.69, 9.17) is 9.94 Å². The highest BCUT2D eigenvalue weighted by Crippen LogP contribution is 2.25. The van der Waals surface area contributed by atoms with Gasteiger partial charge in [-0.2, -0.15) is 0 Å². The van der Waals surface area contributed by atoms with Crippen molar-refractivity contribution in [3.8, 4) is 11.5 Å². The summed E-state index contributed by atoms with van der Waals surface area (Å²) in [6.45, 7) is 0. The number of para-hydroxylation sites is 2. The molecule has 2 rings (SSSR count). The van der Waals surface area contributed by atoms with Crippen LogP contribution in [0.2, 0.25) is 0 Å². The second-order valence-electron chi connectivity index (χ2n) is 3.85. The lowest BCUT2D eigenvalue weighted by atomic mass is 10.1. The van der Waals surface area contributed by atoms with Crippen LogP contribution in [0.15, 0.2) is 59.8 Å². The van der Waals surface area contributed by atoms with Crippen LogP contribution < -0.4 is 4.74 Å². The van der Waals surface area contributed by atoms with Crippen LogP contribution in [0.3, 0.4) is 0 Å². The lowest BCUT2D eigenvalue weighted by Crippen LogP contribution is -2.17. The summed E-state index contributed by atoms with van der Waals surface area (Å²) < 4.78 is 10.3. The highest BCUT2D eigenvalue weighted by molar-refractivity contribution is 6.43. The molecule has 0 spiro atoms. The Morgan fingerprint density at radius 3 is 2.35 bits per heavy atom. The maximum atomic E-state index is 11.6. The van der Waals surface area contributed by atoms with E-state index in [0.29, 0.717) is 17.1 Å². The average molecular weight is 271 g/mol. The molecule has 5 nitrogen and oxygen atoms in total. The van der Waals surface area contributed by atoms with Crippen molar-refractivity contribution in [2.45, 2.75) is 0 Å². The van der Waals surface area contributed by atoms with Crippen molar-refractivity contribution in [2.24, 2.45) is 5.16 Å². The molecule has 0 aliphatic carbocycles. The fourth-order valence-electron chi connectivity index (χ4n) is 1.67. The third kappa shape index (κ3) is 2.95. The van der Waals surface area contributed by atoms with Crippen LogP contribution in [0.4, 0.5) is 0 Å². The number of ether oxygens (including phenoxy) is 2. The predicted molar refractivity (Wildman–Crippen MR) is 73.3 cm³/mol. The Kier molecular flexibility index (Phi) is 4.34. The van der Waals surface area contributed by atoms with E-state index in [1.807, 2.05) is 18.2 Å². The van der Waals surface area contributed by atoms with Crippen molar-refractivity contribution < 1.29 is 19.5 Å². The summed E-state index contributed by atoms with van der Waals surface area (Å²) in [5.41, 5.74) is 0.143. The van der Waals surface area contributed by atoms with Gasteiger partial charge in [0.1, 0.15) is 11.5 Å². The van der Waals surface area contributed by atoms with Crippen LogP contribution >= 0.6 is 0 Å². The van der Waals surface area contributed by atoms with Crippen molar-refractivity contribution in [1.82, 2.24) is 0 Å². The third-order valence-electron chi connectivity index (χ3n) is 2.59. The van der Waals surface area contributed by atoms with Crippen molar-refractivity contribution in [2.75, 3.05) is 7.11 Å². The highest BCUT2D eigenvalue weighted by atomic mass is 16.5. The first-order valence-corrected chi connectivity index (χ1v) is 5.89. The van der Waals surface area contributed by atoms with Gasteiger partial charge in [0.25, 0.3) is 0 Å². The summed E-state index contributed by atoms with van der Waals surface area (Å²) in [5, 5.41) is 12.0. The molecular formula is C15H13NO4. The quantitative estimate of drug-likeness (QED) is 0.402. The molecule has 5 heteroatoms. The van der Waals surface area contributed by atoms with E-state index >= 15 is 0 Å². The van der Waals surface area contributed by atoms with E-state index in [-0.39, 0.29) is 5.71 Å². The number of methoxy groups -OCH3 is 1. The lowest BCUT2D eigenvalue weighted by molar-refractivity contribution is -0.132. The topological polar surface area (TPSA) is 68.1 Å². The third-order valence-corrected chi connectivity index (χ3v) is 2.59. The molecule has 1 N–H and O–H groups in total. The Morgan fingerprint density at radius 1 is 1.05 bits per heavy atom. The zero-order chi connectivity index (χ0) is 14.4. The van der Waals surface area contributed by atoms with Crippen LogP contribution in [-0.4, -0.2) is 24.0 Å². The summed E-state index contributed by atoms with van der Waals surface area (Å²) in [6.07, 6.45) is 0. The van der Waals surface area contributed by atoms with Gasteiger partial charge < -0.3 is 14.7 Å². The first-order chi connectivity index (χ1) is 9.76. The molecule has 0 amide bonds.